The van der Waals surface area contributed by atoms with Crippen molar-refractivity contribution >= 4 is 32.2 Å². The van der Waals surface area contributed by atoms with Gasteiger partial charge < -0.3 is 5.32 Å². The summed E-state index contributed by atoms with van der Waals surface area (Å²) in [7, 11) is -2.09. The predicted octanol–water partition coefficient (Wildman–Crippen LogP) is 0.776. The highest BCUT2D eigenvalue weighted by atomic mass is 32.2. The lowest BCUT2D eigenvalue weighted by Crippen LogP contribution is -2.15. The van der Waals surface area contributed by atoms with Crippen molar-refractivity contribution < 1.29 is 8.42 Å². The number of pyridine rings is 1. The first-order chi connectivity index (χ1) is 8.13. The van der Waals surface area contributed by atoms with Crippen LogP contribution in [0, 0.1) is 0 Å². The zero-order valence-corrected chi connectivity index (χ0v) is 10.4. The van der Waals surface area contributed by atoms with Crippen molar-refractivity contribution in [2.24, 2.45) is 0 Å². The summed E-state index contributed by atoms with van der Waals surface area (Å²) < 4.78 is 30.0. The molecule has 0 fully saturated rings. The first-order valence-corrected chi connectivity index (χ1v) is 6.82. The van der Waals surface area contributed by atoms with Crippen molar-refractivity contribution in [1.29, 1.82) is 0 Å². The highest BCUT2D eigenvalue weighted by Gasteiger charge is 2.20. The standard InChI is InChI=1S/C8H9N5O2S2/c1-9-6-3-2-4-10-8(6)17(14,15)12-7-5-11-13-16-7/h2-5,9,12H,1H3. The van der Waals surface area contributed by atoms with E-state index in [0.29, 0.717) is 10.7 Å². The maximum absolute atomic E-state index is 12.0. The third kappa shape index (κ3) is 2.50. The van der Waals surface area contributed by atoms with E-state index in [1.165, 1.54) is 12.4 Å². The van der Waals surface area contributed by atoms with Crippen LogP contribution in [-0.4, -0.2) is 30.0 Å². The first kappa shape index (κ1) is 11.7. The summed E-state index contributed by atoms with van der Waals surface area (Å²) >= 11 is 0.958. The molecule has 0 atom stereocenters. The Kier molecular flexibility index (Phi) is 3.20. The highest BCUT2D eigenvalue weighted by molar-refractivity contribution is 7.93. The summed E-state index contributed by atoms with van der Waals surface area (Å²) in [5.74, 6) is 0. The van der Waals surface area contributed by atoms with Gasteiger partial charge in [-0.15, -0.1) is 5.10 Å². The van der Waals surface area contributed by atoms with Gasteiger partial charge in [-0.1, -0.05) is 4.49 Å². The molecule has 0 aromatic carbocycles. The number of rotatable bonds is 4. The maximum Gasteiger partial charge on any atom is 0.282 e. The van der Waals surface area contributed by atoms with Crippen molar-refractivity contribution in [2.45, 2.75) is 5.03 Å². The average Bonchev–Trinajstić information content (AvgIpc) is 2.81. The van der Waals surface area contributed by atoms with Gasteiger partial charge in [0.2, 0.25) is 0 Å². The molecule has 0 aliphatic rings. The summed E-state index contributed by atoms with van der Waals surface area (Å²) in [6.07, 6.45) is 2.75. The molecular formula is C8H9N5O2S2. The van der Waals surface area contributed by atoms with E-state index in [1.807, 2.05) is 0 Å². The topological polar surface area (TPSA) is 96.9 Å². The highest BCUT2D eigenvalue weighted by Crippen LogP contribution is 2.21. The molecule has 2 aromatic heterocycles. The molecule has 7 nitrogen and oxygen atoms in total. The molecule has 0 unspecified atom stereocenters. The molecule has 0 aliphatic carbocycles. The molecule has 9 heteroatoms. The zero-order chi connectivity index (χ0) is 12.3. The lowest BCUT2D eigenvalue weighted by atomic mass is 10.4. The van der Waals surface area contributed by atoms with E-state index in [1.54, 1.807) is 19.2 Å². The van der Waals surface area contributed by atoms with E-state index < -0.39 is 10.0 Å². The van der Waals surface area contributed by atoms with Crippen LogP contribution in [0.2, 0.25) is 0 Å². The predicted molar refractivity (Wildman–Crippen MR) is 64.5 cm³/mol. The molecule has 0 radical (unpaired) electrons. The van der Waals surface area contributed by atoms with Crippen LogP contribution in [-0.2, 0) is 10.0 Å². The molecule has 0 amide bonds. The maximum atomic E-state index is 12.0. The Hall–Kier alpha value is -1.74. The number of anilines is 2. The van der Waals surface area contributed by atoms with Gasteiger partial charge in [0.25, 0.3) is 10.0 Å². The van der Waals surface area contributed by atoms with Gasteiger partial charge in [0, 0.05) is 24.8 Å². The Labute approximate surface area is 102 Å². The Balaban J connectivity index is 2.38. The molecule has 0 saturated carbocycles. The second-order valence-corrected chi connectivity index (χ2v) is 5.38. The van der Waals surface area contributed by atoms with Gasteiger partial charge in [-0.05, 0) is 12.1 Å². The van der Waals surface area contributed by atoms with E-state index >= 15 is 0 Å². The minimum absolute atomic E-state index is 0.0594. The minimum Gasteiger partial charge on any atom is -0.386 e. The summed E-state index contributed by atoms with van der Waals surface area (Å²) in [6.45, 7) is 0. The zero-order valence-electron chi connectivity index (χ0n) is 8.78. The van der Waals surface area contributed by atoms with Crippen molar-refractivity contribution in [3.8, 4) is 0 Å². The number of aromatic nitrogens is 3. The molecule has 0 spiro atoms. The largest absolute Gasteiger partial charge is 0.386 e. The van der Waals surface area contributed by atoms with Gasteiger partial charge in [0.1, 0.15) is 5.00 Å². The van der Waals surface area contributed by atoms with E-state index in [2.05, 4.69) is 24.6 Å². The van der Waals surface area contributed by atoms with Crippen LogP contribution in [0.4, 0.5) is 10.7 Å². The summed E-state index contributed by atoms with van der Waals surface area (Å²) in [5, 5.41) is 6.61. The molecule has 2 aromatic rings. The molecule has 17 heavy (non-hydrogen) atoms. The van der Waals surface area contributed by atoms with Gasteiger partial charge in [0.05, 0.1) is 11.9 Å². The van der Waals surface area contributed by atoms with Gasteiger partial charge in [-0.3, -0.25) is 4.72 Å². The Bertz CT molecular complexity index is 596. The molecule has 0 bridgehead atoms. The third-order valence-corrected chi connectivity index (χ3v) is 3.92. The van der Waals surface area contributed by atoms with Gasteiger partial charge >= 0.3 is 0 Å². The molecule has 0 aliphatic heterocycles. The van der Waals surface area contributed by atoms with Crippen LogP contribution in [0.3, 0.4) is 0 Å². The fourth-order valence-electron chi connectivity index (χ4n) is 1.19. The van der Waals surface area contributed by atoms with Crippen molar-refractivity contribution in [2.75, 3.05) is 17.1 Å². The SMILES string of the molecule is CNc1cccnc1S(=O)(=O)Nc1cnns1. The molecule has 2 N–H and O–H groups in total. The van der Waals surface area contributed by atoms with Crippen LogP contribution in [0.25, 0.3) is 0 Å². The van der Waals surface area contributed by atoms with Crippen LogP contribution in [0.1, 0.15) is 0 Å². The monoisotopic (exact) mass is 271 g/mol. The number of hydrogen-bond acceptors (Lipinski definition) is 7. The number of hydrogen-bond donors (Lipinski definition) is 2. The van der Waals surface area contributed by atoms with Crippen molar-refractivity contribution in [3.63, 3.8) is 0 Å². The first-order valence-electron chi connectivity index (χ1n) is 4.56. The minimum atomic E-state index is -3.72. The molecule has 2 heterocycles. The summed E-state index contributed by atoms with van der Waals surface area (Å²) in [6, 6.07) is 3.28. The molecule has 90 valence electrons. The fourth-order valence-corrected chi connectivity index (χ4v) is 3.02. The Morgan fingerprint density at radius 2 is 2.24 bits per heavy atom. The second-order valence-electron chi connectivity index (χ2n) is 2.99. The number of nitrogens with one attached hydrogen (secondary N) is 2. The lowest BCUT2D eigenvalue weighted by molar-refractivity contribution is 0.598. The van der Waals surface area contributed by atoms with Crippen molar-refractivity contribution in [1.82, 2.24) is 14.6 Å². The van der Waals surface area contributed by atoms with Crippen LogP contribution < -0.4 is 10.0 Å². The normalized spacial score (nSPS) is 11.1. The van der Waals surface area contributed by atoms with E-state index in [-0.39, 0.29) is 5.03 Å². The smallest absolute Gasteiger partial charge is 0.282 e. The molecular weight excluding hydrogens is 262 g/mol. The van der Waals surface area contributed by atoms with Gasteiger partial charge in [-0.2, -0.15) is 8.42 Å². The quantitative estimate of drug-likeness (QED) is 0.852. The Morgan fingerprint density at radius 3 is 2.88 bits per heavy atom. The second kappa shape index (κ2) is 4.63. The lowest BCUT2D eigenvalue weighted by Gasteiger charge is -2.08. The Morgan fingerprint density at radius 1 is 1.41 bits per heavy atom. The summed E-state index contributed by atoms with van der Waals surface area (Å²) in [5.41, 5.74) is 0.428. The van der Waals surface area contributed by atoms with Crippen LogP contribution in [0.15, 0.2) is 29.6 Å². The fraction of sp³-hybridized carbons (Fsp3) is 0.125. The van der Waals surface area contributed by atoms with E-state index in [0.717, 1.165) is 11.5 Å². The van der Waals surface area contributed by atoms with Gasteiger partial charge in [0.15, 0.2) is 5.03 Å². The summed E-state index contributed by atoms with van der Waals surface area (Å²) in [4.78, 5) is 3.85. The van der Waals surface area contributed by atoms with Crippen LogP contribution >= 0.6 is 11.5 Å². The molecule has 2 rings (SSSR count). The average molecular weight is 271 g/mol. The van der Waals surface area contributed by atoms with Crippen molar-refractivity contribution in [3.05, 3.63) is 24.5 Å². The third-order valence-electron chi connectivity index (χ3n) is 1.89. The number of sulfonamides is 1. The van der Waals surface area contributed by atoms with E-state index in [4.69, 9.17) is 0 Å². The van der Waals surface area contributed by atoms with Crippen LogP contribution in [0.5, 0.6) is 0 Å². The molecule has 0 saturated heterocycles. The number of nitrogens with zero attached hydrogens (tertiary/aromatic N) is 3. The van der Waals surface area contributed by atoms with E-state index in [9.17, 15) is 8.42 Å². The van der Waals surface area contributed by atoms with Gasteiger partial charge in [-0.25, -0.2) is 4.98 Å².